The van der Waals surface area contributed by atoms with Gasteiger partial charge in [-0.2, -0.15) is 0 Å². The lowest BCUT2D eigenvalue weighted by Gasteiger charge is -2.12. The Kier molecular flexibility index (Phi) is 6.84. The van der Waals surface area contributed by atoms with E-state index >= 15 is 0 Å². The molecule has 0 aliphatic rings. The molecule has 2 rings (SSSR count). The highest BCUT2D eigenvalue weighted by molar-refractivity contribution is 5.92. The van der Waals surface area contributed by atoms with Gasteiger partial charge in [0.15, 0.2) is 0 Å². The molecule has 0 fully saturated rings. The van der Waals surface area contributed by atoms with Crippen molar-refractivity contribution in [1.82, 2.24) is 0 Å². The smallest absolute Gasteiger partial charge is 0.226 e. The molecule has 0 saturated carbocycles. The number of hydrogen-bond donors (Lipinski definition) is 3. The van der Waals surface area contributed by atoms with Crippen LogP contribution in [-0.4, -0.2) is 32.6 Å². The maximum absolute atomic E-state index is 12.0. The first kappa shape index (κ1) is 19.1. The number of rotatable bonds is 8. The van der Waals surface area contributed by atoms with Crippen molar-refractivity contribution in [2.24, 2.45) is 0 Å². The zero-order valence-corrected chi connectivity index (χ0v) is 15.1. The molecule has 0 atom stereocenters. The largest absolute Gasteiger partial charge is 0.497 e. The van der Waals surface area contributed by atoms with Gasteiger partial charge in [-0.05, 0) is 36.4 Å². The Bertz CT molecular complexity index is 760. The summed E-state index contributed by atoms with van der Waals surface area (Å²) in [6, 6.07) is 12.4. The third-order valence-corrected chi connectivity index (χ3v) is 3.57. The maximum Gasteiger partial charge on any atom is 0.226 e. The maximum atomic E-state index is 12.0. The number of methoxy groups -OCH3 is 2. The summed E-state index contributed by atoms with van der Waals surface area (Å²) >= 11 is 0. The van der Waals surface area contributed by atoms with Crippen molar-refractivity contribution < 1.29 is 19.1 Å². The first-order valence-corrected chi connectivity index (χ1v) is 8.15. The second-order valence-corrected chi connectivity index (χ2v) is 5.55. The Balaban J connectivity index is 1.83. The van der Waals surface area contributed by atoms with Crippen LogP contribution < -0.4 is 25.4 Å². The molecular weight excluding hydrogens is 334 g/mol. The number of amides is 2. The lowest BCUT2D eigenvalue weighted by atomic mass is 10.2. The quantitative estimate of drug-likeness (QED) is 0.676. The Morgan fingerprint density at radius 3 is 2.15 bits per heavy atom. The number of carbonyl (C=O) groups excluding carboxylic acids is 2. The summed E-state index contributed by atoms with van der Waals surface area (Å²) < 4.78 is 10.5. The van der Waals surface area contributed by atoms with Gasteiger partial charge >= 0.3 is 0 Å². The molecule has 7 nitrogen and oxygen atoms in total. The number of carbonyl (C=O) groups is 2. The van der Waals surface area contributed by atoms with Gasteiger partial charge < -0.3 is 25.4 Å². The van der Waals surface area contributed by atoms with Crippen molar-refractivity contribution in [3.63, 3.8) is 0 Å². The SMILES string of the molecule is COc1ccc(NCCC(=O)Nc2ccc(NC(C)=O)cc2)c(OC)c1. The summed E-state index contributed by atoms with van der Waals surface area (Å²) in [4.78, 5) is 23.0. The van der Waals surface area contributed by atoms with Crippen molar-refractivity contribution in [3.8, 4) is 11.5 Å². The van der Waals surface area contributed by atoms with Crippen molar-refractivity contribution in [2.75, 3.05) is 36.7 Å². The van der Waals surface area contributed by atoms with E-state index in [0.29, 0.717) is 35.8 Å². The molecule has 0 aromatic heterocycles. The zero-order valence-electron chi connectivity index (χ0n) is 15.1. The van der Waals surface area contributed by atoms with Crippen LogP contribution >= 0.6 is 0 Å². The molecule has 0 saturated heterocycles. The van der Waals surface area contributed by atoms with Gasteiger partial charge in [0.2, 0.25) is 11.8 Å². The third-order valence-electron chi connectivity index (χ3n) is 3.57. The van der Waals surface area contributed by atoms with Gasteiger partial charge in [-0.15, -0.1) is 0 Å². The number of ether oxygens (including phenoxy) is 2. The molecular formula is C19H23N3O4. The summed E-state index contributed by atoms with van der Waals surface area (Å²) in [7, 11) is 3.17. The van der Waals surface area contributed by atoms with Gasteiger partial charge in [-0.1, -0.05) is 0 Å². The molecule has 2 amide bonds. The predicted molar refractivity (Wildman–Crippen MR) is 102 cm³/mol. The van der Waals surface area contributed by atoms with E-state index in [-0.39, 0.29) is 11.8 Å². The minimum absolute atomic E-state index is 0.114. The van der Waals surface area contributed by atoms with Crippen LogP contribution in [0.25, 0.3) is 0 Å². The van der Waals surface area contributed by atoms with Gasteiger partial charge in [0.25, 0.3) is 0 Å². The van der Waals surface area contributed by atoms with Gasteiger partial charge in [0, 0.05) is 37.3 Å². The van der Waals surface area contributed by atoms with E-state index in [1.165, 1.54) is 6.92 Å². The topological polar surface area (TPSA) is 88.7 Å². The number of hydrogen-bond acceptors (Lipinski definition) is 5. The second-order valence-electron chi connectivity index (χ2n) is 5.55. The van der Waals surface area contributed by atoms with Crippen LogP contribution in [0.1, 0.15) is 13.3 Å². The average Bonchev–Trinajstić information content (AvgIpc) is 2.63. The first-order valence-electron chi connectivity index (χ1n) is 8.15. The van der Waals surface area contributed by atoms with Crippen LogP contribution in [0.2, 0.25) is 0 Å². The van der Waals surface area contributed by atoms with Crippen molar-refractivity contribution in [3.05, 3.63) is 42.5 Å². The molecule has 0 spiro atoms. The predicted octanol–water partition coefficient (Wildman–Crippen LogP) is 3.10. The molecule has 0 aliphatic carbocycles. The van der Waals surface area contributed by atoms with Crippen LogP contribution in [0.3, 0.4) is 0 Å². The highest BCUT2D eigenvalue weighted by Crippen LogP contribution is 2.28. The van der Waals surface area contributed by atoms with E-state index in [9.17, 15) is 9.59 Å². The highest BCUT2D eigenvalue weighted by atomic mass is 16.5. The highest BCUT2D eigenvalue weighted by Gasteiger charge is 2.07. The van der Waals surface area contributed by atoms with Crippen molar-refractivity contribution in [1.29, 1.82) is 0 Å². The van der Waals surface area contributed by atoms with Gasteiger partial charge in [-0.3, -0.25) is 9.59 Å². The molecule has 0 aliphatic heterocycles. The van der Waals surface area contributed by atoms with E-state index < -0.39 is 0 Å². The molecule has 0 unspecified atom stereocenters. The van der Waals surface area contributed by atoms with E-state index in [1.807, 2.05) is 12.1 Å². The van der Waals surface area contributed by atoms with E-state index in [2.05, 4.69) is 16.0 Å². The molecule has 138 valence electrons. The lowest BCUT2D eigenvalue weighted by Crippen LogP contribution is -2.16. The summed E-state index contributed by atoms with van der Waals surface area (Å²) in [5, 5.41) is 8.66. The Morgan fingerprint density at radius 1 is 0.923 bits per heavy atom. The normalized spacial score (nSPS) is 9.96. The monoisotopic (exact) mass is 357 g/mol. The summed E-state index contributed by atoms with van der Waals surface area (Å²) in [5.41, 5.74) is 2.15. The van der Waals surface area contributed by atoms with Crippen molar-refractivity contribution >= 4 is 28.9 Å². The molecule has 7 heteroatoms. The second kappa shape index (κ2) is 9.31. The summed E-state index contributed by atoms with van der Waals surface area (Å²) in [6.45, 7) is 1.90. The lowest BCUT2D eigenvalue weighted by molar-refractivity contribution is -0.116. The fourth-order valence-electron chi connectivity index (χ4n) is 2.32. The number of nitrogens with one attached hydrogen (secondary N) is 3. The van der Waals surface area contributed by atoms with Crippen LogP contribution in [0, 0.1) is 0 Å². The Labute approximate surface area is 152 Å². The fraction of sp³-hybridized carbons (Fsp3) is 0.263. The standard InChI is InChI=1S/C19H23N3O4/c1-13(23)21-14-4-6-15(7-5-14)22-19(24)10-11-20-17-9-8-16(25-2)12-18(17)26-3/h4-9,12,20H,10-11H2,1-3H3,(H,21,23)(H,22,24). The molecule has 2 aromatic rings. The van der Waals surface area contributed by atoms with Crippen LogP contribution in [0.15, 0.2) is 42.5 Å². The summed E-state index contributed by atoms with van der Waals surface area (Å²) in [6.07, 6.45) is 0.294. The third kappa shape index (κ3) is 5.70. The van der Waals surface area contributed by atoms with E-state index in [0.717, 1.165) is 5.69 Å². The van der Waals surface area contributed by atoms with E-state index in [1.54, 1.807) is 44.6 Å². The van der Waals surface area contributed by atoms with E-state index in [4.69, 9.17) is 9.47 Å². The molecule has 2 aromatic carbocycles. The van der Waals surface area contributed by atoms with Crippen LogP contribution in [-0.2, 0) is 9.59 Å². The molecule has 0 bridgehead atoms. The number of anilines is 3. The van der Waals surface area contributed by atoms with Gasteiger partial charge in [0.05, 0.1) is 19.9 Å². The molecule has 26 heavy (non-hydrogen) atoms. The minimum Gasteiger partial charge on any atom is -0.497 e. The van der Waals surface area contributed by atoms with Gasteiger partial charge in [0.1, 0.15) is 11.5 Å². The first-order chi connectivity index (χ1) is 12.5. The van der Waals surface area contributed by atoms with Crippen LogP contribution in [0.5, 0.6) is 11.5 Å². The minimum atomic E-state index is -0.137. The Hall–Kier alpha value is -3.22. The average molecular weight is 357 g/mol. The van der Waals surface area contributed by atoms with Crippen LogP contribution in [0.4, 0.5) is 17.1 Å². The zero-order chi connectivity index (χ0) is 18.9. The fourth-order valence-corrected chi connectivity index (χ4v) is 2.32. The molecule has 0 radical (unpaired) electrons. The summed E-state index contributed by atoms with van der Waals surface area (Å²) in [5.74, 6) is 1.10. The van der Waals surface area contributed by atoms with Crippen molar-refractivity contribution in [2.45, 2.75) is 13.3 Å². The molecule has 3 N–H and O–H groups in total. The molecule has 0 heterocycles. The van der Waals surface area contributed by atoms with Gasteiger partial charge in [-0.25, -0.2) is 0 Å². The number of benzene rings is 2. The Morgan fingerprint density at radius 2 is 1.58 bits per heavy atom.